The van der Waals surface area contributed by atoms with Gasteiger partial charge in [-0.25, -0.2) is 0 Å². The number of hydrogen-bond donors (Lipinski definition) is 0. The van der Waals surface area contributed by atoms with Gasteiger partial charge in [-0.1, -0.05) is 38.1 Å². The number of hydrogen-bond acceptors (Lipinski definition) is 5. The Balaban J connectivity index is 0.00000122. The second-order valence-electron chi connectivity index (χ2n) is 6.58. The summed E-state index contributed by atoms with van der Waals surface area (Å²) in [6.45, 7) is 13.3. The molecular formula is C23H36N2O3. The van der Waals surface area contributed by atoms with Crippen molar-refractivity contribution in [2.75, 3.05) is 39.5 Å². The first-order valence-corrected chi connectivity index (χ1v) is 10.3. The number of nitrogens with zero attached hydrogens (tertiary/aromatic N) is 2. The van der Waals surface area contributed by atoms with Crippen molar-refractivity contribution < 1.29 is 14.3 Å². The Morgan fingerprint density at radius 2 is 2.04 bits per heavy atom. The highest BCUT2D eigenvalue weighted by Crippen LogP contribution is 2.17. The lowest BCUT2D eigenvalue weighted by molar-refractivity contribution is -0.106. The number of morpholine rings is 1. The third kappa shape index (κ3) is 9.93. The SMILES string of the molecule is CC/C=C(\C=C/C(C)OCCN1CCOCC1)c1ccc(CC)nc1.CC=O. The number of aromatic nitrogens is 1. The van der Waals surface area contributed by atoms with Crippen molar-refractivity contribution in [2.45, 2.75) is 46.6 Å². The van der Waals surface area contributed by atoms with Crippen LogP contribution in [0.25, 0.3) is 5.57 Å². The van der Waals surface area contributed by atoms with Crippen molar-refractivity contribution >= 4 is 11.9 Å². The first kappa shape index (κ1) is 24.2. The van der Waals surface area contributed by atoms with Crippen LogP contribution in [0.2, 0.25) is 0 Å². The maximum atomic E-state index is 8.81. The second kappa shape index (κ2) is 15.1. The van der Waals surface area contributed by atoms with Crippen molar-refractivity contribution in [3.05, 3.63) is 47.8 Å². The highest BCUT2D eigenvalue weighted by Gasteiger charge is 2.10. The highest BCUT2D eigenvalue weighted by atomic mass is 16.5. The summed E-state index contributed by atoms with van der Waals surface area (Å²) >= 11 is 0. The van der Waals surface area contributed by atoms with Crippen LogP contribution in [0.15, 0.2) is 36.6 Å². The van der Waals surface area contributed by atoms with Crippen LogP contribution in [0.3, 0.4) is 0 Å². The van der Waals surface area contributed by atoms with Crippen LogP contribution in [0.5, 0.6) is 0 Å². The fraction of sp³-hybridized carbons (Fsp3) is 0.565. The van der Waals surface area contributed by atoms with Gasteiger partial charge in [0.2, 0.25) is 0 Å². The minimum Gasteiger partial charge on any atom is -0.379 e. The summed E-state index contributed by atoms with van der Waals surface area (Å²) in [6.07, 6.45) is 11.3. The summed E-state index contributed by atoms with van der Waals surface area (Å²) < 4.78 is 11.3. The molecular weight excluding hydrogens is 352 g/mol. The molecule has 0 radical (unpaired) electrons. The van der Waals surface area contributed by atoms with Gasteiger partial charge in [-0.3, -0.25) is 9.88 Å². The van der Waals surface area contributed by atoms with Crippen LogP contribution in [-0.2, 0) is 20.7 Å². The molecule has 2 heterocycles. The predicted octanol–water partition coefficient (Wildman–Crippen LogP) is 3.94. The van der Waals surface area contributed by atoms with Gasteiger partial charge in [0.1, 0.15) is 6.29 Å². The Morgan fingerprint density at radius 3 is 2.61 bits per heavy atom. The maximum Gasteiger partial charge on any atom is 0.116 e. The highest BCUT2D eigenvalue weighted by molar-refractivity contribution is 5.73. The van der Waals surface area contributed by atoms with Crippen molar-refractivity contribution in [1.82, 2.24) is 9.88 Å². The molecule has 2 rings (SSSR count). The van der Waals surface area contributed by atoms with Gasteiger partial charge in [0.05, 0.1) is 25.9 Å². The molecule has 1 aliphatic rings. The zero-order valence-corrected chi connectivity index (χ0v) is 17.9. The molecule has 1 aliphatic heterocycles. The minimum absolute atomic E-state index is 0.101. The van der Waals surface area contributed by atoms with Gasteiger partial charge >= 0.3 is 0 Å². The summed E-state index contributed by atoms with van der Waals surface area (Å²) in [7, 11) is 0. The van der Waals surface area contributed by atoms with Gasteiger partial charge in [-0.05, 0) is 43.9 Å². The van der Waals surface area contributed by atoms with E-state index in [1.165, 1.54) is 12.5 Å². The van der Waals surface area contributed by atoms with Crippen LogP contribution in [0, 0.1) is 0 Å². The van der Waals surface area contributed by atoms with Crippen molar-refractivity contribution in [3.8, 4) is 0 Å². The molecule has 0 bridgehead atoms. The van der Waals surface area contributed by atoms with Crippen LogP contribution < -0.4 is 0 Å². The minimum atomic E-state index is 0.101. The molecule has 1 aromatic heterocycles. The van der Waals surface area contributed by atoms with Gasteiger partial charge in [-0.2, -0.15) is 0 Å². The molecule has 0 aliphatic carbocycles. The number of ether oxygens (including phenoxy) is 2. The van der Waals surface area contributed by atoms with Crippen molar-refractivity contribution in [1.29, 1.82) is 0 Å². The van der Waals surface area contributed by atoms with E-state index in [-0.39, 0.29) is 6.10 Å². The summed E-state index contributed by atoms with van der Waals surface area (Å²) in [5.41, 5.74) is 3.50. The number of pyridine rings is 1. The fourth-order valence-electron chi connectivity index (χ4n) is 2.79. The molecule has 1 unspecified atom stereocenters. The Labute approximate surface area is 170 Å². The van der Waals surface area contributed by atoms with Gasteiger partial charge in [0.25, 0.3) is 0 Å². The quantitative estimate of drug-likeness (QED) is 0.474. The van der Waals surface area contributed by atoms with E-state index < -0.39 is 0 Å². The van der Waals surface area contributed by atoms with E-state index in [0.717, 1.165) is 69.8 Å². The summed E-state index contributed by atoms with van der Waals surface area (Å²) in [5.74, 6) is 0. The van der Waals surface area contributed by atoms with Gasteiger partial charge < -0.3 is 14.3 Å². The van der Waals surface area contributed by atoms with Crippen molar-refractivity contribution in [2.24, 2.45) is 0 Å². The third-order valence-corrected chi connectivity index (χ3v) is 4.38. The average Bonchev–Trinajstić information content (AvgIpc) is 2.72. The molecule has 0 amide bonds. The number of aldehydes is 1. The number of allylic oxidation sites excluding steroid dienone is 3. The monoisotopic (exact) mass is 388 g/mol. The molecule has 5 nitrogen and oxygen atoms in total. The number of carbonyl (C=O) groups excluding carboxylic acids is 1. The molecule has 156 valence electrons. The largest absolute Gasteiger partial charge is 0.379 e. The van der Waals surface area contributed by atoms with Gasteiger partial charge in [-0.15, -0.1) is 0 Å². The van der Waals surface area contributed by atoms with E-state index in [2.05, 4.69) is 61.0 Å². The smallest absolute Gasteiger partial charge is 0.116 e. The average molecular weight is 389 g/mol. The zero-order chi connectivity index (χ0) is 20.6. The first-order valence-electron chi connectivity index (χ1n) is 10.3. The standard InChI is InChI=1S/C21H32N2O2.C2H4O/c1-4-6-19(20-9-10-21(5-2)22-17-20)8-7-18(3)25-16-13-23-11-14-24-15-12-23;1-2-3/h6-10,17-18H,4-5,11-16H2,1-3H3;2H,1H3/b8-7-,19-6+;. The van der Waals surface area contributed by atoms with E-state index in [1.54, 1.807) is 0 Å². The van der Waals surface area contributed by atoms with Crippen LogP contribution in [0.4, 0.5) is 0 Å². The molecule has 1 saturated heterocycles. The van der Waals surface area contributed by atoms with Crippen molar-refractivity contribution in [3.63, 3.8) is 0 Å². The molecule has 5 heteroatoms. The topological polar surface area (TPSA) is 51.7 Å². The van der Waals surface area contributed by atoms with Crippen LogP contribution >= 0.6 is 0 Å². The molecule has 0 aromatic carbocycles. The summed E-state index contributed by atoms with van der Waals surface area (Å²) in [5, 5.41) is 0. The lowest BCUT2D eigenvalue weighted by atomic mass is 10.0. The third-order valence-electron chi connectivity index (χ3n) is 4.38. The lowest BCUT2D eigenvalue weighted by Crippen LogP contribution is -2.38. The number of aryl methyl sites for hydroxylation is 1. The lowest BCUT2D eigenvalue weighted by Gasteiger charge is -2.26. The molecule has 0 saturated carbocycles. The first-order chi connectivity index (χ1) is 13.6. The van der Waals surface area contributed by atoms with Gasteiger partial charge in [0.15, 0.2) is 0 Å². The Hall–Kier alpha value is -1.82. The van der Waals surface area contributed by atoms with E-state index >= 15 is 0 Å². The molecule has 28 heavy (non-hydrogen) atoms. The Morgan fingerprint density at radius 1 is 1.32 bits per heavy atom. The number of rotatable bonds is 9. The van der Waals surface area contributed by atoms with Gasteiger partial charge in [0, 0.05) is 31.5 Å². The van der Waals surface area contributed by atoms with E-state index in [4.69, 9.17) is 14.3 Å². The van der Waals surface area contributed by atoms with Crippen LogP contribution in [-0.4, -0.2) is 61.7 Å². The Bertz CT molecular complexity index is 590. The normalized spacial score (nSPS) is 16.5. The zero-order valence-electron chi connectivity index (χ0n) is 17.9. The molecule has 0 spiro atoms. The maximum absolute atomic E-state index is 8.81. The summed E-state index contributed by atoms with van der Waals surface area (Å²) in [6, 6.07) is 4.26. The second-order valence-corrected chi connectivity index (χ2v) is 6.58. The molecule has 0 N–H and O–H groups in total. The molecule has 1 atom stereocenters. The van der Waals surface area contributed by atoms with E-state index in [1.807, 2.05) is 6.20 Å². The van der Waals surface area contributed by atoms with E-state index in [9.17, 15) is 0 Å². The molecule has 1 fully saturated rings. The molecule has 1 aromatic rings. The van der Waals surface area contributed by atoms with E-state index in [0.29, 0.717) is 0 Å². The predicted molar refractivity (Wildman–Crippen MR) is 115 cm³/mol. The fourth-order valence-corrected chi connectivity index (χ4v) is 2.79. The van der Waals surface area contributed by atoms with Crippen LogP contribution in [0.1, 0.15) is 45.4 Å². The Kier molecular flexibility index (Phi) is 13.1. The number of carbonyl (C=O) groups is 1. The summed E-state index contributed by atoms with van der Waals surface area (Å²) in [4.78, 5) is 15.7.